The smallest absolute Gasteiger partial charge is 0.0766 e. The molecule has 0 aliphatic carbocycles. The Balaban J connectivity index is 0.00000729. The summed E-state index contributed by atoms with van der Waals surface area (Å²) in [6.07, 6.45) is 24.4. The summed E-state index contributed by atoms with van der Waals surface area (Å²) in [5.41, 5.74) is 1.50. The van der Waals surface area contributed by atoms with E-state index >= 15 is 0 Å². The first kappa shape index (κ1) is 27.1. The van der Waals surface area contributed by atoms with Crippen molar-refractivity contribution in [2.45, 2.75) is 109 Å². The van der Waals surface area contributed by atoms with E-state index in [2.05, 4.69) is 44.4 Å². The molecule has 0 spiro atoms. The minimum Gasteiger partial charge on any atom is -0.870 e. The van der Waals surface area contributed by atoms with Gasteiger partial charge in [0.1, 0.15) is 0 Å². The molecule has 0 aliphatic rings. The molecular formula is C26H49NO. The summed E-state index contributed by atoms with van der Waals surface area (Å²) >= 11 is 0. The first-order chi connectivity index (χ1) is 13.3. The lowest BCUT2D eigenvalue weighted by molar-refractivity contribution is -0.858. The first-order valence-electron chi connectivity index (χ1n) is 12.1. The van der Waals surface area contributed by atoms with Gasteiger partial charge < -0.3 is 10.4 Å². The topological polar surface area (TPSA) is 34.4 Å². The molecule has 0 aromatic heterocycles. The Morgan fingerprint density at radius 1 is 0.500 bits per heavy atom. The number of benzene rings is 1. The van der Waals surface area contributed by atoms with Gasteiger partial charge in [-0.15, -0.1) is 0 Å². The Hall–Kier alpha value is -0.860. The second-order valence-electron chi connectivity index (χ2n) is 8.85. The summed E-state index contributed by atoms with van der Waals surface area (Å²) in [5, 5.41) is 0. The van der Waals surface area contributed by atoms with Gasteiger partial charge in [0.15, 0.2) is 0 Å². The van der Waals surface area contributed by atoms with Gasteiger partial charge in [0, 0.05) is 0 Å². The molecule has 0 heterocycles. The maximum atomic E-state index is 2.26. The average Bonchev–Trinajstić information content (AvgIpc) is 2.67. The summed E-state index contributed by atoms with van der Waals surface area (Å²) in [4.78, 5) is 1.60. The van der Waals surface area contributed by atoms with E-state index < -0.39 is 0 Å². The number of unbranched alkanes of at least 4 members (excludes halogenated alkanes) is 15. The zero-order valence-corrected chi connectivity index (χ0v) is 19.1. The van der Waals surface area contributed by atoms with Crippen LogP contribution in [0.4, 0.5) is 0 Å². The van der Waals surface area contributed by atoms with Crippen LogP contribution in [0.2, 0.25) is 0 Å². The van der Waals surface area contributed by atoms with Crippen LogP contribution < -0.4 is 4.90 Å². The highest BCUT2D eigenvalue weighted by Crippen LogP contribution is 2.14. The van der Waals surface area contributed by atoms with Crippen LogP contribution in [0.15, 0.2) is 30.3 Å². The molecule has 0 radical (unpaired) electrons. The Morgan fingerprint density at radius 3 is 1.25 bits per heavy atom. The highest BCUT2D eigenvalue weighted by Gasteiger charge is 1.97. The van der Waals surface area contributed by atoms with Crippen LogP contribution in [0.1, 0.15) is 108 Å². The number of rotatable bonds is 19. The van der Waals surface area contributed by atoms with E-state index in [0.29, 0.717) is 0 Å². The van der Waals surface area contributed by atoms with Crippen LogP contribution in [0.3, 0.4) is 0 Å². The molecule has 0 aliphatic heterocycles. The molecule has 0 unspecified atom stereocenters. The third-order valence-corrected chi connectivity index (χ3v) is 5.74. The maximum absolute atomic E-state index is 2.26. The van der Waals surface area contributed by atoms with Gasteiger partial charge >= 0.3 is 0 Å². The van der Waals surface area contributed by atoms with E-state index in [1.807, 2.05) is 0 Å². The molecule has 0 saturated heterocycles. The Bertz CT molecular complexity index is 404. The van der Waals surface area contributed by atoms with Gasteiger partial charge in [-0.2, -0.15) is 0 Å². The molecule has 1 rings (SSSR count). The van der Waals surface area contributed by atoms with E-state index in [4.69, 9.17) is 0 Å². The fraction of sp³-hybridized carbons (Fsp3) is 0.769. The molecular weight excluding hydrogens is 342 g/mol. The number of hydrogen-bond acceptors (Lipinski definition) is 1. The van der Waals surface area contributed by atoms with Crippen LogP contribution in [0.25, 0.3) is 0 Å². The van der Waals surface area contributed by atoms with Crippen LogP contribution in [0, 0.1) is 0 Å². The van der Waals surface area contributed by atoms with E-state index in [9.17, 15) is 0 Å². The molecule has 2 nitrogen and oxygen atoms in total. The standard InChI is InChI=1S/C26H47N.H2O/c1-27(2)25-21-16-14-12-10-8-6-4-3-5-7-9-11-13-15-18-22-26-23-19-17-20-24-26;/h17,19-20,23-24H,3-16,18,21-22,25H2,1-2H3;1H2. The molecule has 0 saturated carbocycles. The summed E-state index contributed by atoms with van der Waals surface area (Å²) < 4.78 is 0. The van der Waals surface area contributed by atoms with Crippen molar-refractivity contribution in [2.24, 2.45) is 0 Å². The number of aryl methyl sites for hydroxylation is 1. The number of hydrogen-bond donors (Lipinski definition) is 1. The zero-order valence-electron chi connectivity index (χ0n) is 19.1. The largest absolute Gasteiger partial charge is 0.870 e. The van der Waals surface area contributed by atoms with E-state index in [1.165, 1.54) is 121 Å². The number of quaternary nitrogens is 1. The van der Waals surface area contributed by atoms with Crippen molar-refractivity contribution in [3.8, 4) is 0 Å². The van der Waals surface area contributed by atoms with Crippen molar-refractivity contribution >= 4 is 0 Å². The second-order valence-corrected chi connectivity index (χ2v) is 8.85. The lowest BCUT2D eigenvalue weighted by atomic mass is 10.0. The highest BCUT2D eigenvalue weighted by molar-refractivity contribution is 5.14. The van der Waals surface area contributed by atoms with Crippen molar-refractivity contribution in [1.82, 2.24) is 0 Å². The SMILES string of the molecule is C[NH+](C)CCCCCCCCCCCCCCCCCCc1ccccc1.[OH-]. The van der Waals surface area contributed by atoms with Crippen molar-refractivity contribution in [3.63, 3.8) is 0 Å². The quantitative estimate of drug-likeness (QED) is 0.271. The van der Waals surface area contributed by atoms with Crippen LogP contribution in [-0.2, 0) is 6.42 Å². The molecule has 1 aromatic carbocycles. The van der Waals surface area contributed by atoms with E-state index in [1.54, 1.807) is 4.90 Å². The van der Waals surface area contributed by atoms with Crippen molar-refractivity contribution in [2.75, 3.05) is 20.6 Å². The van der Waals surface area contributed by atoms with Gasteiger partial charge in [0.2, 0.25) is 0 Å². The predicted octanol–water partition coefficient (Wildman–Crippen LogP) is 6.44. The predicted molar refractivity (Wildman–Crippen MR) is 124 cm³/mol. The molecule has 0 atom stereocenters. The van der Waals surface area contributed by atoms with Crippen LogP contribution >= 0.6 is 0 Å². The third-order valence-electron chi connectivity index (χ3n) is 5.74. The summed E-state index contributed by atoms with van der Waals surface area (Å²) in [5.74, 6) is 0. The van der Waals surface area contributed by atoms with E-state index in [0.717, 1.165) is 0 Å². The monoisotopic (exact) mass is 391 g/mol. The Kier molecular flexibility index (Phi) is 20.2. The van der Waals surface area contributed by atoms with Crippen molar-refractivity contribution < 1.29 is 10.4 Å². The fourth-order valence-corrected chi connectivity index (χ4v) is 3.93. The Morgan fingerprint density at radius 2 is 0.857 bits per heavy atom. The van der Waals surface area contributed by atoms with Gasteiger partial charge in [0.05, 0.1) is 20.6 Å². The van der Waals surface area contributed by atoms with Gasteiger partial charge in [-0.05, 0) is 31.2 Å². The minimum atomic E-state index is 0. The fourth-order valence-electron chi connectivity index (χ4n) is 3.93. The Labute approximate surface area is 176 Å². The molecule has 28 heavy (non-hydrogen) atoms. The summed E-state index contributed by atoms with van der Waals surface area (Å²) in [6, 6.07) is 10.9. The second kappa shape index (κ2) is 20.9. The normalized spacial score (nSPS) is 11.0. The third kappa shape index (κ3) is 18.5. The van der Waals surface area contributed by atoms with Gasteiger partial charge in [-0.25, -0.2) is 0 Å². The first-order valence-corrected chi connectivity index (χ1v) is 12.1. The van der Waals surface area contributed by atoms with Crippen LogP contribution in [0.5, 0.6) is 0 Å². The highest BCUT2D eigenvalue weighted by atomic mass is 16.0. The van der Waals surface area contributed by atoms with Gasteiger partial charge in [-0.3, -0.25) is 0 Å². The maximum Gasteiger partial charge on any atom is 0.0766 e. The minimum absolute atomic E-state index is 0. The van der Waals surface area contributed by atoms with Gasteiger partial charge in [-0.1, -0.05) is 114 Å². The molecule has 1 aromatic rings. The lowest BCUT2D eigenvalue weighted by Crippen LogP contribution is -3.05. The van der Waals surface area contributed by atoms with Crippen molar-refractivity contribution in [3.05, 3.63) is 35.9 Å². The molecule has 2 N–H and O–H groups in total. The molecule has 0 bridgehead atoms. The summed E-state index contributed by atoms with van der Waals surface area (Å²) in [6.45, 7) is 1.34. The molecule has 2 heteroatoms. The summed E-state index contributed by atoms with van der Waals surface area (Å²) in [7, 11) is 4.51. The molecule has 164 valence electrons. The van der Waals surface area contributed by atoms with Crippen LogP contribution in [-0.4, -0.2) is 26.1 Å². The lowest BCUT2D eigenvalue weighted by Gasteiger charge is -2.06. The van der Waals surface area contributed by atoms with Gasteiger partial charge in [0.25, 0.3) is 0 Å². The molecule has 0 fully saturated rings. The van der Waals surface area contributed by atoms with E-state index in [-0.39, 0.29) is 5.48 Å². The number of nitrogens with one attached hydrogen (secondary N) is 1. The van der Waals surface area contributed by atoms with Crippen molar-refractivity contribution in [1.29, 1.82) is 0 Å². The average molecular weight is 392 g/mol. The zero-order chi connectivity index (χ0) is 19.4. The molecule has 0 amide bonds.